The predicted octanol–water partition coefficient (Wildman–Crippen LogP) is 15.7. The first-order valence-corrected chi connectivity index (χ1v) is 20.4. The molecule has 0 amide bonds. The van der Waals surface area contributed by atoms with Gasteiger partial charge >= 0.3 is 0 Å². The van der Waals surface area contributed by atoms with Crippen molar-refractivity contribution in [3.05, 3.63) is 259 Å². The third-order valence-electron chi connectivity index (χ3n) is 12.6. The van der Waals surface area contributed by atoms with Crippen molar-refractivity contribution >= 4 is 27.8 Å². The van der Waals surface area contributed by atoms with E-state index in [1.807, 2.05) is 42.5 Å². The predicted molar refractivity (Wildman–Crippen MR) is 251 cm³/mol. The Balaban J connectivity index is 0.951. The second-order valence-corrected chi connectivity index (χ2v) is 15.7. The summed E-state index contributed by atoms with van der Waals surface area (Å²) in [6, 6.07) is 71.9. The van der Waals surface area contributed by atoms with Crippen LogP contribution >= 0.6 is 0 Å². The van der Waals surface area contributed by atoms with Gasteiger partial charge < -0.3 is 4.90 Å². The van der Waals surface area contributed by atoms with Crippen LogP contribution in [0, 0.1) is 0 Å². The summed E-state index contributed by atoms with van der Waals surface area (Å²) in [4.78, 5) is 2.20. The lowest BCUT2D eigenvalue weighted by molar-refractivity contribution is 0.794. The largest absolute Gasteiger partial charge is 0.310 e. The van der Waals surface area contributed by atoms with Crippen molar-refractivity contribution in [1.82, 2.24) is 0 Å². The fourth-order valence-electron chi connectivity index (χ4n) is 9.88. The van der Waals surface area contributed by atoms with E-state index in [4.69, 9.17) is 6.85 Å². The van der Waals surface area contributed by atoms with Crippen LogP contribution in [0.5, 0.6) is 0 Å². The number of benzene rings is 10. The van der Waals surface area contributed by atoms with E-state index in [-0.39, 0.29) is 29.7 Å². The quantitative estimate of drug-likeness (QED) is 0.163. The van der Waals surface area contributed by atoms with E-state index in [0.717, 1.165) is 44.5 Å². The molecule has 1 spiro atoms. The molecular weight excluding hydrogens is 723 g/mol. The summed E-state index contributed by atoms with van der Waals surface area (Å²) < 4.78 is 41.8. The molecule has 0 fully saturated rings. The minimum Gasteiger partial charge on any atom is -0.310 e. The Bertz CT molecular complexity index is 3450. The number of hydrogen-bond donors (Lipinski definition) is 0. The summed E-state index contributed by atoms with van der Waals surface area (Å²) in [5.74, 6) is 0. The summed E-state index contributed by atoms with van der Waals surface area (Å²) in [6.45, 7) is 0. The lowest BCUT2D eigenvalue weighted by atomic mass is 9.70. The normalized spacial score (nSPS) is 14.0. The van der Waals surface area contributed by atoms with Crippen LogP contribution in [0.1, 0.15) is 29.1 Å². The highest BCUT2D eigenvalue weighted by atomic mass is 15.1. The number of hydrogen-bond acceptors (Lipinski definition) is 1. The molecular formula is C59H39N. The zero-order valence-corrected chi connectivity index (χ0v) is 32.6. The van der Waals surface area contributed by atoms with Crippen LogP contribution in [0.15, 0.2) is 236 Å². The van der Waals surface area contributed by atoms with Gasteiger partial charge in [-0.2, -0.15) is 0 Å². The average molecular weight is 767 g/mol. The zero-order chi connectivity index (χ0) is 44.0. The average Bonchev–Trinajstić information content (AvgIpc) is 3.83. The monoisotopic (exact) mass is 766 g/mol. The molecule has 0 saturated heterocycles. The van der Waals surface area contributed by atoms with Crippen LogP contribution < -0.4 is 4.90 Å². The molecule has 60 heavy (non-hydrogen) atoms. The molecule has 12 rings (SSSR count). The van der Waals surface area contributed by atoms with Crippen molar-refractivity contribution in [2.24, 2.45) is 0 Å². The highest BCUT2D eigenvalue weighted by Crippen LogP contribution is 2.63. The van der Waals surface area contributed by atoms with Crippen molar-refractivity contribution in [1.29, 1.82) is 0 Å². The molecule has 0 bridgehead atoms. The maximum Gasteiger partial charge on any atom is 0.0725 e. The number of anilines is 3. The third-order valence-corrected chi connectivity index (χ3v) is 12.6. The first-order chi connectivity index (χ1) is 31.8. The van der Waals surface area contributed by atoms with Crippen LogP contribution in [0.3, 0.4) is 0 Å². The van der Waals surface area contributed by atoms with Crippen molar-refractivity contribution < 1.29 is 6.85 Å². The summed E-state index contributed by atoms with van der Waals surface area (Å²) in [5, 5.41) is 2.22. The van der Waals surface area contributed by atoms with Crippen molar-refractivity contribution in [2.45, 2.75) is 5.41 Å². The Labute approximate surface area is 358 Å². The molecule has 0 N–H and O–H groups in total. The van der Waals surface area contributed by atoms with Crippen LogP contribution in [-0.2, 0) is 5.41 Å². The van der Waals surface area contributed by atoms with Gasteiger partial charge in [0.1, 0.15) is 0 Å². The van der Waals surface area contributed by atoms with E-state index in [1.54, 1.807) is 0 Å². The second-order valence-electron chi connectivity index (χ2n) is 15.7. The van der Waals surface area contributed by atoms with E-state index in [9.17, 15) is 0 Å². The lowest BCUT2D eigenvalue weighted by Crippen LogP contribution is -2.25. The molecule has 0 atom stereocenters. The molecule has 0 aromatic heterocycles. The first kappa shape index (κ1) is 29.5. The molecule has 2 aliphatic rings. The second kappa shape index (κ2) is 13.7. The van der Waals surface area contributed by atoms with Gasteiger partial charge in [-0.3, -0.25) is 0 Å². The molecule has 1 heteroatoms. The first-order valence-electron chi connectivity index (χ1n) is 22.9. The Morgan fingerprint density at radius 1 is 0.300 bits per heavy atom. The van der Waals surface area contributed by atoms with Gasteiger partial charge in [-0.05, 0) is 137 Å². The summed E-state index contributed by atoms with van der Waals surface area (Å²) in [7, 11) is 0. The maximum absolute atomic E-state index is 8.59. The SMILES string of the molecule is [2H]c1c([2H])c([2H])c(-c2ccc(N(c3ccc(-c4ccccc4)cc3)c3ccc4cc(-c5ccc6c(c5)C5(c7ccccc7-c7ccccc75)c5ccccc5-6)ccc4c3)cc2)c([2H])c1[2H]. The minimum atomic E-state index is -0.406. The van der Waals surface area contributed by atoms with Crippen LogP contribution in [-0.4, -0.2) is 0 Å². The van der Waals surface area contributed by atoms with E-state index in [0.29, 0.717) is 5.56 Å². The van der Waals surface area contributed by atoms with Crippen molar-refractivity contribution in [3.63, 3.8) is 0 Å². The highest BCUT2D eigenvalue weighted by molar-refractivity contribution is 5.97. The third kappa shape index (κ3) is 5.26. The summed E-state index contributed by atoms with van der Waals surface area (Å²) in [5.41, 5.74) is 18.2. The van der Waals surface area contributed by atoms with Crippen LogP contribution in [0.25, 0.3) is 66.4 Å². The molecule has 1 nitrogen and oxygen atoms in total. The van der Waals surface area contributed by atoms with E-state index < -0.39 is 11.5 Å². The highest BCUT2D eigenvalue weighted by Gasteiger charge is 2.51. The Kier molecular flexibility index (Phi) is 6.72. The molecule has 0 radical (unpaired) electrons. The summed E-state index contributed by atoms with van der Waals surface area (Å²) >= 11 is 0. The van der Waals surface area contributed by atoms with Gasteiger partial charge in [0.25, 0.3) is 0 Å². The summed E-state index contributed by atoms with van der Waals surface area (Å²) in [6.07, 6.45) is 0. The number of rotatable bonds is 6. The molecule has 280 valence electrons. The van der Waals surface area contributed by atoms with E-state index in [1.165, 1.54) is 50.1 Å². The minimum absolute atomic E-state index is 0.184. The van der Waals surface area contributed by atoms with Gasteiger partial charge in [0.15, 0.2) is 0 Å². The van der Waals surface area contributed by atoms with Crippen LogP contribution in [0.4, 0.5) is 17.1 Å². The van der Waals surface area contributed by atoms with Gasteiger partial charge in [-0.1, -0.05) is 188 Å². The zero-order valence-electron chi connectivity index (χ0n) is 37.6. The molecule has 10 aromatic carbocycles. The molecule has 10 aromatic rings. The Morgan fingerprint density at radius 2 is 0.733 bits per heavy atom. The standard InChI is InChI=1S/C59H39N/c1-3-13-40(14-4-1)42-25-31-48(32-26-42)60(49-33-27-43(28-34-49)41-15-5-2-6-16-41)50-35-29-45-37-44(23-24-46(45)38-50)47-30-36-54-53-19-9-12-22-57(53)59(58(54)39-47)55-20-10-7-17-51(55)52-18-8-11-21-56(52)59/h1-39H/i1D,3D,4D,13D,14D. The van der Waals surface area contributed by atoms with Crippen molar-refractivity contribution in [2.75, 3.05) is 4.90 Å². The van der Waals surface area contributed by atoms with E-state index >= 15 is 0 Å². The topological polar surface area (TPSA) is 3.24 Å². The molecule has 2 aliphatic carbocycles. The molecule has 0 saturated carbocycles. The van der Waals surface area contributed by atoms with Gasteiger partial charge in [-0.25, -0.2) is 0 Å². The van der Waals surface area contributed by atoms with Gasteiger partial charge in [0, 0.05) is 17.1 Å². The Hall–Kier alpha value is -7.74. The number of fused-ring (bicyclic) bond motifs is 11. The fraction of sp³-hybridized carbons (Fsp3) is 0.0169. The van der Waals surface area contributed by atoms with Crippen LogP contribution in [0.2, 0.25) is 0 Å². The maximum atomic E-state index is 8.59. The van der Waals surface area contributed by atoms with Crippen molar-refractivity contribution in [3.8, 4) is 55.6 Å². The molecule has 0 unspecified atom stereocenters. The van der Waals surface area contributed by atoms with Gasteiger partial charge in [0.2, 0.25) is 0 Å². The van der Waals surface area contributed by atoms with E-state index in [2.05, 4.69) is 169 Å². The van der Waals surface area contributed by atoms with Gasteiger partial charge in [0.05, 0.1) is 12.3 Å². The van der Waals surface area contributed by atoms with Gasteiger partial charge in [-0.15, -0.1) is 0 Å². The smallest absolute Gasteiger partial charge is 0.0725 e. The number of nitrogens with zero attached hydrogens (tertiary/aromatic N) is 1. The fourth-order valence-corrected chi connectivity index (χ4v) is 9.88. The molecule has 0 heterocycles. The lowest BCUT2D eigenvalue weighted by Gasteiger charge is -2.30. The molecule has 0 aliphatic heterocycles. The Morgan fingerprint density at radius 3 is 1.35 bits per heavy atom.